The van der Waals surface area contributed by atoms with Gasteiger partial charge in [-0.25, -0.2) is 0 Å². The van der Waals surface area contributed by atoms with Gasteiger partial charge < -0.3 is 15.4 Å². The van der Waals surface area contributed by atoms with Crippen LogP contribution in [0.5, 0.6) is 5.88 Å². The lowest BCUT2D eigenvalue weighted by Gasteiger charge is -2.32. The second-order valence-corrected chi connectivity index (χ2v) is 5.36. The zero-order valence-electron chi connectivity index (χ0n) is 10.9. The molecule has 2 atom stereocenters. The highest BCUT2D eigenvalue weighted by molar-refractivity contribution is 5.55. The Hall–Kier alpha value is -1.45. The van der Waals surface area contributed by atoms with Crippen LogP contribution in [0.2, 0.25) is 0 Å². The summed E-state index contributed by atoms with van der Waals surface area (Å²) >= 11 is 0. The van der Waals surface area contributed by atoms with Crippen molar-refractivity contribution in [2.45, 2.75) is 38.1 Å². The number of nitrogens with zero attached hydrogens (tertiary/aromatic N) is 2. The zero-order chi connectivity index (χ0) is 12.5. The lowest BCUT2D eigenvalue weighted by Crippen LogP contribution is -2.35. The van der Waals surface area contributed by atoms with Crippen LogP contribution in [-0.4, -0.2) is 24.7 Å². The van der Waals surface area contributed by atoms with Crippen LogP contribution in [0, 0.1) is 5.92 Å². The van der Waals surface area contributed by atoms with Crippen LogP contribution < -0.4 is 15.4 Å². The molecule has 0 spiro atoms. The molecule has 18 heavy (non-hydrogen) atoms. The van der Waals surface area contributed by atoms with Crippen LogP contribution in [0.1, 0.15) is 32.1 Å². The van der Waals surface area contributed by atoms with Gasteiger partial charge in [0.25, 0.3) is 0 Å². The van der Waals surface area contributed by atoms with Crippen LogP contribution in [0.25, 0.3) is 0 Å². The fourth-order valence-electron chi connectivity index (χ4n) is 3.46. The predicted octanol–water partition coefficient (Wildman–Crippen LogP) is 2.44. The number of aromatic nitrogens is 1. The number of nitrogens with two attached hydrogens (primary N) is 1. The molecule has 1 aliphatic heterocycles. The van der Waals surface area contributed by atoms with Gasteiger partial charge in [0, 0.05) is 12.6 Å². The van der Waals surface area contributed by atoms with E-state index in [1.54, 1.807) is 7.11 Å². The van der Waals surface area contributed by atoms with E-state index >= 15 is 0 Å². The Balaban J connectivity index is 1.86. The molecule has 2 fully saturated rings. The largest absolute Gasteiger partial charge is 0.479 e. The van der Waals surface area contributed by atoms with Gasteiger partial charge in [-0.05, 0) is 37.3 Å². The Morgan fingerprint density at radius 1 is 1.28 bits per heavy atom. The van der Waals surface area contributed by atoms with Crippen molar-refractivity contribution < 1.29 is 4.74 Å². The molecule has 2 heterocycles. The SMILES string of the molecule is COc1nc(N2CCC3CCCCC32)ccc1N. The van der Waals surface area contributed by atoms with Gasteiger partial charge in [-0.3, -0.25) is 0 Å². The molecule has 2 aliphatic rings. The number of anilines is 2. The second kappa shape index (κ2) is 4.67. The normalized spacial score (nSPS) is 27.1. The van der Waals surface area contributed by atoms with Gasteiger partial charge in [-0.1, -0.05) is 12.8 Å². The molecule has 0 radical (unpaired) electrons. The average molecular weight is 247 g/mol. The number of ether oxygens (including phenoxy) is 1. The second-order valence-electron chi connectivity index (χ2n) is 5.36. The number of rotatable bonds is 2. The summed E-state index contributed by atoms with van der Waals surface area (Å²) in [4.78, 5) is 6.99. The van der Waals surface area contributed by atoms with Crippen molar-refractivity contribution in [1.82, 2.24) is 4.98 Å². The Kier molecular flexibility index (Phi) is 3.02. The third-order valence-corrected chi connectivity index (χ3v) is 4.37. The summed E-state index contributed by atoms with van der Waals surface area (Å²) in [5.41, 5.74) is 6.44. The monoisotopic (exact) mass is 247 g/mol. The summed E-state index contributed by atoms with van der Waals surface area (Å²) in [5.74, 6) is 2.44. The summed E-state index contributed by atoms with van der Waals surface area (Å²) in [5, 5.41) is 0. The molecule has 1 saturated heterocycles. The molecule has 2 unspecified atom stereocenters. The molecule has 2 N–H and O–H groups in total. The molecule has 98 valence electrons. The lowest BCUT2D eigenvalue weighted by molar-refractivity contribution is 0.341. The quantitative estimate of drug-likeness (QED) is 0.872. The highest BCUT2D eigenvalue weighted by Gasteiger charge is 2.36. The molecule has 1 aromatic rings. The molecule has 0 amide bonds. The molecule has 1 aromatic heterocycles. The van der Waals surface area contributed by atoms with Crippen molar-refractivity contribution in [1.29, 1.82) is 0 Å². The summed E-state index contributed by atoms with van der Waals surface area (Å²) in [7, 11) is 1.62. The van der Waals surface area contributed by atoms with E-state index in [0.717, 1.165) is 18.3 Å². The average Bonchev–Trinajstić information content (AvgIpc) is 2.83. The Morgan fingerprint density at radius 3 is 2.94 bits per heavy atom. The Morgan fingerprint density at radius 2 is 2.11 bits per heavy atom. The molecular formula is C14H21N3O. The van der Waals surface area contributed by atoms with E-state index in [4.69, 9.17) is 10.5 Å². The van der Waals surface area contributed by atoms with Gasteiger partial charge in [0.2, 0.25) is 5.88 Å². The summed E-state index contributed by atoms with van der Waals surface area (Å²) in [6, 6.07) is 4.60. The van der Waals surface area contributed by atoms with E-state index in [9.17, 15) is 0 Å². The van der Waals surface area contributed by atoms with E-state index < -0.39 is 0 Å². The molecule has 1 aliphatic carbocycles. The maximum atomic E-state index is 5.82. The van der Waals surface area contributed by atoms with Crippen molar-refractivity contribution in [2.24, 2.45) is 5.92 Å². The third kappa shape index (κ3) is 1.89. The smallest absolute Gasteiger partial charge is 0.238 e. The van der Waals surface area contributed by atoms with Crippen LogP contribution >= 0.6 is 0 Å². The van der Waals surface area contributed by atoms with E-state index in [2.05, 4.69) is 9.88 Å². The molecule has 1 saturated carbocycles. The third-order valence-electron chi connectivity index (χ3n) is 4.37. The first kappa shape index (κ1) is 11.6. The number of hydrogen-bond acceptors (Lipinski definition) is 4. The summed E-state index contributed by atoms with van der Waals surface area (Å²) < 4.78 is 5.22. The minimum Gasteiger partial charge on any atom is -0.479 e. The number of nitrogen functional groups attached to an aromatic ring is 1. The molecule has 4 nitrogen and oxygen atoms in total. The number of methoxy groups -OCH3 is 1. The van der Waals surface area contributed by atoms with Gasteiger partial charge in [0.1, 0.15) is 5.82 Å². The van der Waals surface area contributed by atoms with Crippen LogP contribution in [0.4, 0.5) is 11.5 Å². The van der Waals surface area contributed by atoms with Crippen LogP contribution in [0.15, 0.2) is 12.1 Å². The lowest BCUT2D eigenvalue weighted by atomic mass is 9.85. The van der Waals surface area contributed by atoms with E-state index in [0.29, 0.717) is 17.6 Å². The van der Waals surface area contributed by atoms with Crippen molar-refractivity contribution in [3.63, 3.8) is 0 Å². The van der Waals surface area contributed by atoms with Crippen molar-refractivity contribution in [3.05, 3.63) is 12.1 Å². The zero-order valence-corrected chi connectivity index (χ0v) is 10.9. The molecule has 3 rings (SSSR count). The first-order valence-corrected chi connectivity index (χ1v) is 6.87. The Labute approximate surface area is 108 Å². The van der Waals surface area contributed by atoms with Crippen LogP contribution in [-0.2, 0) is 0 Å². The van der Waals surface area contributed by atoms with Crippen LogP contribution in [0.3, 0.4) is 0 Å². The first-order chi connectivity index (χ1) is 8.79. The fourth-order valence-corrected chi connectivity index (χ4v) is 3.46. The Bertz CT molecular complexity index is 435. The maximum absolute atomic E-state index is 5.82. The fraction of sp³-hybridized carbons (Fsp3) is 0.643. The van der Waals surface area contributed by atoms with Gasteiger partial charge in [0.05, 0.1) is 12.8 Å². The van der Waals surface area contributed by atoms with Gasteiger partial charge in [-0.15, -0.1) is 0 Å². The standard InChI is InChI=1S/C14H21N3O/c1-18-14-11(15)6-7-13(16-14)17-9-8-10-4-2-3-5-12(10)17/h6-7,10,12H,2-5,8-9,15H2,1H3. The van der Waals surface area contributed by atoms with Gasteiger partial charge >= 0.3 is 0 Å². The van der Waals surface area contributed by atoms with Gasteiger partial charge in [-0.2, -0.15) is 4.98 Å². The maximum Gasteiger partial charge on any atom is 0.238 e. The minimum absolute atomic E-state index is 0.548. The highest BCUT2D eigenvalue weighted by Crippen LogP contribution is 2.38. The van der Waals surface area contributed by atoms with E-state index in [1.807, 2.05) is 12.1 Å². The number of pyridine rings is 1. The predicted molar refractivity (Wildman–Crippen MR) is 72.9 cm³/mol. The van der Waals surface area contributed by atoms with Crippen molar-refractivity contribution >= 4 is 11.5 Å². The summed E-state index contributed by atoms with van der Waals surface area (Å²) in [6.07, 6.45) is 6.74. The molecular weight excluding hydrogens is 226 g/mol. The first-order valence-electron chi connectivity index (χ1n) is 6.87. The van der Waals surface area contributed by atoms with E-state index in [1.165, 1.54) is 32.1 Å². The molecule has 4 heteroatoms. The topological polar surface area (TPSA) is 51.4 Å². The number of fused-ring (bicyclic) bond motifs is 1. The summed E-state index contributed by atoms with van der Waals surface area (Å²) in [6.45, 7) is 1.12. The minimum atomic E-state index is 0.548. The van der Waals surface area contributed by atoms with Gasteiger partial charge in [0.15, 0.2) is 0 Å². The highest BCUT2D eigenvalue weighted by atomic mass is 16.5. The van der Waals surface area contributed by atoms with Crippen molar-refractivity contribution in [2.75, 3.05) is 24.3 Å². The number of hydrogen-bond donors (Lipinski definition) is 1. The molecule has 0 bridgehead atoms. The molecule has 0 aromatic carbocycles. The van der Waals surface area contributed by atoms with E-state index in [-0.39, 0.29) is 0 Å². The van der Waals surface area contributed by atoms with Crippen molar-refractivity contribution in [3.8, 4) is 5.88 Å².